The number of allylic oxidation sites excluding steroid dienone is 1. The Hall–Kier alpha value is -3.48. The smallest absolute Gasteiger partial charge is 0.336 e. The van der Waals surface area contributed by atoms with E-state index in [9.17, 15) is 19.7 Å². The fourth-order valence-electron chi connectivity index (χ4n) is 4.08. The van der Waals surface area contributed by atoms with Gasteiger partial charge in [0.25, 0.3) is 5.69 Å². The first-order valence-corrected chi connectivity index (χ1v) is 10.9. The second-order valence-corrected chi connectivity index (χ2v) is 7.91. The zero-order chi connectivity index (χ0) is 23.3. The SMILES string of the molecule is CCCC1=C(C(=O)OCC)C(c2ccc(C)cc2)CC(=O)N1Cc1cccc([N+](=O)[O-])c1. The zero-order valence-electron chi connectivity index (χ0n) is 18.7. The van der Waals surface area contributed by atoms with Crippen LogP contribution in [0.25, 0.3) is 0 Å². The van der Waals surface area contributed by atoms with Gasteiger partial charge in [0.1, 0.15) is 0 Å². The van der Waals surface area contributed by atoms with Gasteiger partial charge in [0.15, 0.2) is 0 Å². The van der Waals surface area contributed by atoms with Crippen molar-refractivity contribution in [1.29, 1.82) is 0 Å². The lowest BCUT2D eigenvalue weighted by Crippen LogP contribution is -2.39. The molecule has 0 saturated carbocycles. The Kier molecular flexibility index (Phi) is 7.41. The van der Waals surface area contributed by atoms with Crippen molar-refractivity contribution >= 4 is 17.6 Å². The van der Waals surface area contributed by atoms with Crippen LogP contribution in [0.4, 0.5) is 5.69 Å². The molecule has 2 aromatic rings. The highest BCUT2D eigenvalue weighted by molar-refractivity contribution is 5.96. The summed E-state index contributed by atoms with van der Waals surface area (Å²) in [6, 6.07) is 14.1. The fourth-order valence-corrected chi connectivity index (χ4v) is 4.08. The van der Waals surface area contributed by atoms with Crippen LogP contribution in [0.15, 0.2) is 59.8 Å². The fraction of sp³-hybridized carbons (Fsp3) is 0.360. The number of carbonyl (C=O) groups is 2. The molecule has 7 nitrogen and oxygen atoms in total. The van der Waals surface area contributed by atoms with E-state index in [4.69, 9.17) is 4.74 Å². The lowest BCUT2D eigenvalue weighted by molar-refractivity contribution is -0.384. The number of non-ortho nitro benzene ring substituents is 1. The Morgan fingerprint density at radius 2 is 1.91 bits per heavy atom. The van der Waals surface area contributed by atoms with E-state index in [1.165, 1.54) is 12.1 Å². The molecular formula is C25H28N2O5. The van der Waals surface area contributed by atoms with E-state index in [1.807, 2.05) is 38.1 Å². The summed E-state index contributed by atoms with van der Waals surface area (Å²) in [5.41, 5.74) is 3.74. The molecule has 0 aliphatic carbocycles. The number of aryl methyl sites for hydroxylation is 1. The predicted molar refractivity (Wildman–Crippen MR) is 121 cm³/mol. The van der Waals surface area contributed by atoms with Gasteiger partial charge in [-0.3, -0.25) is 14.9 Å². The molecular weight excluding hydrogens is 408 g/mol. The molecule has 168 valence electrons. The van der Waals surface area contributed by atoms with Crippen LogP contribution in [-0.2, 0) is 20.9 Å². The van der Waals surface area contributed by atoms with Gasteiger partial charge in [-0.25, -0.2) is 4.79 Å². The minimum Gasteiger partial charge on any atom is -0.463 e. The average Bonchev–Trinajstić information content (AvgIpc) is 2.77. The van der Waals surface area contributed by atoms with Gasteiger partial charge in [-0.15, -0.1) is 0 Å². The van der Waals surface area contributed by atoms with Gasteiger partial charge < -0.3 is 9.64 Å². The normalized spacial score (nSPS) is 16.3. The van der Waals surface area contributed by atoms with Gasteiger partial charge >= 0.3 is 5.97 Å². The maximum absolute atomic E-state index is 13.3. The van der Waals surface area contributed by atoms with Crippen LogP contribution in [0.2, 0.25) is 0 Å². The monoisotopic (exact) mass is 436 g/mol. The number of esters is 1. The summed E-state index contributed by atoms with van der Waals surface area (Å²) < 4.78 is 5.39. The van der Waals surface area contributed by atoms with Crippen molar-refractivity contribution < 1.29 is 19.2 Å². The second-order valence-electron chi connectivity index (χ2n) is 7.91. The van der Waals surface area contributed by atoms with E-state index in [-0.39, 0.29) is 37.1 Å². The third-order valence-electron chi connectivity index (χ3n) is 5.59. The van der Waals surface area contributed by atoms with Crippen molar-refractivity contribution in [1.82, 2.24) is 4.90 Å². The van der Waals surface area contributed by atoms with Crippen molar-refractivity contribution in [3.63, 3.8) is 0 Å². The molecule has 1 aliphatic heterocycles. The number of hydrogen-bond acceptors (Lipinski definition) is 5. The number of benzene rings is 2. The van der Waals surface area contributed by atoms with Crippen LogP contribution >= 0.6 is 0 Å². The molecule has 0 fully saturated rings. The highest BCUT2D eigenvalue weighted by Gasteiger charge is 2.38. The molecule has 3 rings (SSSR count). The summed E-state index contributed by atoms with van der Waals surface area (Å²) in [6.07, 6.45) is 1.40. The number of carbonyl (C=O) groups excluding carboxylic acids is 2. The molecule has 0 aromatic heterocycles. The van der Waals surface area contributed by atoms with E-state index >= 15 is 0 Å². The third kappa shape index (κ3) is 5.04. The first-order valence-electron chi connectivity index (χ1n) is 10.9. The van der Waals surface area contributed by atoms with Gasteiger partial charge in [-0.2, -0.15) is 0 Å². The molecule has 1 unspecified atom stereocenters. The Balaban J connectivity index is 2.09. The maximum Gasteiger partial charge on any atom is 0.336 e. The highest BCUT2D eigenvalue weighted by Crippen LogP contribution is 2.39. The summed E-state index contributed by atoms with van der Waals surface area (Å²) in [7, 11) is 0. The minimum atomic E-state index is -0.457. The highest BCUT2D eigenvalue weighted by atomic mass is 16.6. The second kappa shape index (κ2) is 10.2. The topological polar surface area (TPSA) is 89.8 Å². The van der Waals surface area contributed by atoms with Crippen LogP contribution in [-0.4, -0.2) is 28.3 Å². The molecule has 0 radical (unpaired) electrons. The predicted octanol–water partition coefficient (Wildman–Crippen LogP) is 5.04. The van der Waals surface area contributed by atoms with Gasteiger partial charge in [0, 0.05) is 30.2 Å². The average molecular weight is 437 g/mol. The largest absolute Gasteiger partial charge is 0.463 e. The van der Waals surface area contributed by atoms with Gasteiger partial charge in [-0.1, -0.05) is 55.3 Å². The van der Waals surface area contributed by atoms with E-state index in [1.54, 1.807) is 24.0 Å². The molecule has 1 aliphatic rings. The first-order chi connectivity index (χ1) is 15.3. The van der Waals surface area contributed by atoms with Gasteiger partial charge in [0.2, 0.25) is 5.91 Å². The number of nitro groups is 1. The number of amides is 1. The number of nitro benzene ring substituents is 1. The van der Waals surface area contributed by atoms with Gasteiger partial charge in [-0.05, 0) is 31.4 Å². The minimum absolute atomic E-state index is 0.0314. The lowest BCUT2D eigenvalue weighted by Gasteiger charge is -2.36. The first kappa shape index (κ1) is 23.2. The molecule has 2 aromatic carbocycles. The Labute approximate surface area is 187 Å². The molecule has 1 atom stereocenters. The van der Waals surface area contributed by atoms with Crippen LogP contribution < -0.4 is 0 Å². The summed E-state index contributed by atoms with van der Waals surface area (Å²) in [5, 5.41) is 11.2. The molecule has 0 spiro atoms. The van der Waals surface area contributed by atoms with Crippen LogP contribution in [0.5, 0.6) is 0 Å². The summed E-state index contributed by atoms with van der Waals surface area (Å²) in [5.74, 6) is -0.915. The van der Waals surface area contributed by atoms with E-state index in [0.29, 0.717) is 23.3 Å². The van der Waals surface area contributed by atoms with E-state index < -0.39 is 10.9 Å². The summed E-state index contributed by atoms with van der Waals surface area (Å²) in [6.45, 7) is 6.14. The zero-order valence-corrected chi connectivity index (χ0v) is 18.7. The third-order valence-corrected chi connectivity index (χ3v) is 5.59. The molecule has 32 heavy (non-hydrogen) atoms. The summed E-state index contributed by atoms with van der Waals surface area (Å²) in [4.78, 5) is 38.7. The van der Waals surface area contributed by atoms with E-state index in [0.717, 1.165) is 17.5 Å². The Bertz CT molecular complexity index is 1040. The van der Waals surface area contributed by atoms with Crippen LogP contribution in [0.1, 0.15) is 55.7 Å². The Morgan fingerprint density at radius 1 is 1.19 bits per heavy atom. The van der Waals surface area contributed by atoms with Crippen molar-refractivity contribution in [2.75, 3.05) is 6.61 Å². The van der Waals surface area contributed by atoms with Crippen molar-refractivity contribution in [2.24, 2.45) is 0 Å². The van der Waals surface area contributed by atoms with Crippen molar-refractivity contribution in [3.8, 4) is 0 Å². The van der Waals surface area contributed by atoms with Crippen LogP contribution in [0.3, 0.4) is 0 Å². The van der Waals surface area contributed by atoms with E-state index in [2.05, 4.69) is 0 Å². The molecule has 0 bridgehead atoms. The Morgan fingerprint density at radius 3 is 2.53 bits per heavy atom. The quantitative estimate of drug-likeness (QED) is 0.329. The van der Waals surface area contributed by atoms with Crippen molar-refractivity contribution in [3.05, 3.63) is 86.6 Å². The molecule has 0 saturated heterocycles. The number of nitrogens with zero attached hydrogens (tertiary/aromatic N) is 2. The molecule has 1 amide bonds. The number of hydrogen-bond donors (Lipinski definition) is 0. The number of rotatable bonds is 8. The standard InChI is InChI=1S/C25H28N2O5/c1-4-7-22-24(25(29)32-5-2)21(19-12-10-17(3)11-13-19)15-23(28)26(22)16-18-8-6-9-20(14-18)27(30)31/h6,8-14,21H,4-5,7,15-16H2,1-3H3. The molecule has 1 heterocycles. The lowest BCUT2D eigenvalue weighted by atomic mass is 9.82. The summed E-state index contributed by atoms with van der Waals surface area (Å²) >= 11 is 0. The molecule has 7 heteroatoms. The van der Waals surface area contributed by atoms with Crippen molar-refractivity contribution in [2.45, 2.75) is 52.5 Å². The number of ether oxygens (including phenoxy) is 1. The van der Waals surface area contributed by atoms with Gasteiger partial charge in [0.05, 0.1) is 23.6 Å². The maximum atomic E-state index is 13.3. The molecule has 0 N–H and O–H groups in total. The van der Waals surface area contributed by atoms with Crippen LogP contribution in [0, 0.1) is 17.0 Å².